The maximum atomic E-state index is 12.1. The molecule has 0 aromatic heterocycles. The van der Waals surface area contributed by atoms with Gasteiger partial charge in [0.15, 0.2) is 0 Å². The Labute approximate surface area is 99.8 Å². The van der Waals surface area contributed by atoms with Gasteiger partial charge in [-0.1, -0.05) is 25.0 Å². The van der Waals surface area contributed by atoms with Gasteiger partial charge >= 0.3 is 7.12 Å². The molecule has 1 amide bonds. The largest absolute Gasteiger partial charge is 0.488 e. The van der Waals surface area contributed by atoms with Crippen LogP contribution in [0.25, 0.3) is 0 Å². The van der Waals surface area contributed by atoms with Crippen LogP contribution in [0.5, 0.6) is 0 Å². The van der Waals surface area contributed by atoms with Crippen molar-refractivity contribution in [2.24, 2.45) is 0 Å². The van der Waals surface area contributed by atoms with E-state index >= 15 is 0 Å². The van der Waals surface area contributed by atoms with Crippen molar-refractivity contribution in [3.05, 3.63) is 23.8 Å². The van der Waals surface area contributed by atoms with Crippen LogP contribution in [0.3, 0.4) is 0 Å². The summed E-state index contributed by atoms with van der Waals surface area (Å²) in [4.78, 5) is 12.1. The van der Waals surface area contributed by atoms with Gasteiger partial charge in [0, 0.05) is 5.69 Å². The number of fused-ring (bicyclic) bond motifs is 2. The van der Waals surface area contributed by atoms with Crippen molar-refractivity contribution in [3.8, 4) is 0 Å². The van der Waals surface area contributed by atoms with Crippen molar-refractivity contribution in [1.82, 2.24) is 0 Å². The van der Waals surface area contributed by atoms with Gasteiger partial charge in [-0.25, -0.2) is 0 Å². The smallest absolute Gasteiger partial charge is 0.423 e. The summed E-state index contributed by atoms with van der Waals surface area (Å²) in [7, 11) is -1.48. The molecular formula is C12H14BNO3. The molecule has 5 heteroatoms. The van der Waals surface area contributed by atoms with Crippen LogP contribution < -0.4 is 10.8 Å². The van der Waals surface area contributed by atoms with E-state index in [2.05, 4.69) is 5.32 Å². The molecule has 0 bridgehead atoms. The number of hydrogen-bond acceptors (Lipinski definition) is 3. The molecule has 2 aliphatic rings. The fourth-order valence-electron chi connectivity index (χ4n) is 3.07. The van der Waals surface area contributed by atoms with E-state index in [9.17, 15) is 14.8 Å². The first-order valence-corrected chi connectivity index (χ1v) is 5.95. The van der Waals surface area contributed by atoms with Gasteiger partial charge in [0.2, 0.25) is 5.91 Å². The van der Waals surface area contributed by atoms with Gasteiger partial charge in [0.25, 0.3) is 0 Å². The maximum absolute atomic E-state index is 12.1. The van der Waals surface area contributed by atoms with Crippen molar-refractivity contribution in [3.63, 3.8) is 0 Å². The molecule has 17 heavy (non-hydrogen) atoms. The van der Waals surface area contributed by atoms with E-state index < -0.39 is 12.5 Å². The van der Waals surface area contributed by atoms with Crippen molar-refractivity contribution < 1.29 is 14.8 Å². The SMILES string of the molecule is O=C1Nc2ccc(B(O)O)cc2C12CCCC2. The Morgan fingerprint density at radius 2 is 1.94 bits per heavy atom. The molecule has 1 aliphatic carbocycles. The molecule has 1 aromatic carbocycles. The van der Waals surface area contributed by atoms with Crippen LogP contribution in [0, 0.1) is 0 Å². The summed E-state index contributed by atoms with van der Waals surface area (Å²) in [6, 6.07) is 5.15. The van der Waals surface area contributed by atoms with Crippen LogP contribution in [-0.2, 0) is 10.2 Å². The minimum atomic E-state index is -1.48. The highest BCUT2D eigenvalue weighted by molar-refractivity contribution is 6.58. The molecule has 4 nitrogen and oxygen atoms in total. The number of anilines is 1. The Morgan fingerprint density at radius 1 is 1.24 bits per heavy atom. The molecule has 3 N–H and O–H groups in total. The van der Waals surface area contributed by atoms with Crippen molar-refractivity contribution >= 4 is 24.2 Å². The topological polar surface area (TPSA) is 69.6 Å². The molecule has 0 atom stereocenters. The first-order valence-electron chi connectivity index (χ1n) is 5.95. The van der Waals surface area contributed by atoms with Gasteiger partial charge in [-0.2, -0.15) is 0 Å². The molecule has 1 heterocycles. The number of rotatable bonds is 1. The molecule has 1 fully saturated rings. The second-order valence-corrected chi connectivity index (χ2v) is 4.92. The Kier molecular flexibility index (Phi) is 2.28. The average Bonchev–Trinajstić information content (AvgIpc) is 2.88. The lowest BCUT2D eigenvalue weighted by Crippen LogP contribution is -2.33. The Morgan fingerprint density at radius 3 is 2.59 bits per heavy atom. The number of amides is 1. The van der Waals surface area contributed by atoms with Crippen LogP contribution in [0.2, 0.25) is 0 Å². The Bertz CT molecular complexity index is 481. The highest BCUT2D eigenvalue weighted by Gasteiger charge is 2.48. The molecule has 1 aliphatic heterocycles. The third-order valence-corrected chi connectivity index (χ3v) is 4.00. The minimum absolute atomic E-state index is 0.0644. The molecule has 88 valence electrons. The molecule has 1 saturated carbocycles. The predicted molar refractivity (Wildman–Crippen MR) is 65.0 cm³/mol. The molecule has 0 saturated heterocycles. The average molecular weight is 231 g/mol. The summed E-state index contributed by atoms with van der Waals surface area (Å²) in [5.74, 6) is 0.0644. The zero-order valence-corrected chi connectivity index (χ0v) is 9.44. The predicted octanol–water partition coefficient (Wildman–Crippen LogP) is 0.130. The summed E-state index contributed by atoms with van der Waals surface area (Å²) in [6.07, 6.45) is 3.82. The van der Waals surface area contributed by atoms with E-state index in [1.807, 2.05) is 0 Å². The lowest BCUT2D eigenvalue weighted by molar-refractivity contribution is -0.120. The van der Waals surface area contributed by atoms with Crippen LogP contribution in [0.4, 0.5) is 5.69 Å². The molecular weight excluding hydrogens is 217 g/mol. The van der Waals surface area contributed by atoms with Gasteiger partial charge in [-0.3, -0.25) is 4.79 Å². The van der Waals surface area contributed by atoms with Crippen LogP contribution >= 0.6 is 0 Å². The molecule has 3 rings (SSSR count). The Balaban J connectivity index is 2.13. The lowest BCUT2D eigenvalue weighted by atomic mass is 9.74. The highest BCUT2D eigenvalue weighted by Crippen LogP contribution is 2.48. The van der Waals surface area contributed by atoms with Crippen molar-refractivity contribution in [2.75, 3.05) is 5.32 Å². The zero-order valence-electron chi connectivity index (χ0n) is 9.44. The summed E-state index contributed by atoms with van der Waals surface area (Å²) >= 11 is 0. The molecule has 0 radical (unpaired) electrons. The Hall–Kier alpha value is -1.33. The summed E-state index contributed by atoms with van der Waals surface area (Å²) in [6.45, 7) is 0. The highest BCUT2D eigenvalue weighted by atomic mass is 16.4. The molecule has 0 unspecified atom stereocenters. The van der Waals surface area contributed by atoms with Crippen LogP contribution in [0.1, 0.15) is 31.2 Å². The number of benzene rings is 1. The van der Waals surface area contributed by atoms with Crippen molar-refractivity contribution in [1.29, 1.82) is 0 Å². The van der Waals surface area contributed by atoms with Gasteiger partial charge in [-0.15, -0.1) is 0 Å². The van der Waals surface area contributed by atoms with Crippen LogP contribution in [-0.4, -0.2) is 23.1 Å². The van der Waals surface area contributed by atoms with E-state index in [4.69, 9.17) is 0 Å². The van der Waals surface area contributed by atoms with E-state index in [0.717, 1.165) is 36.9 Å². The second-order valence-electron chi connectivity index (χ2n) is 4.92. The van der Waals surface area contributed by atoms with E-state index in [0.29, 0.717) is 5.46 Å². The normalized spacial score (nSPS) is 20.5. The third-order valence-electron chi connectivity index (χ3n) is 4.00. The maximum Gasteiger partial charge on any atom is 0.488 e. The quantitative estimate of drug-likeness (QED) is 0.601. The molecule has 1 aromatic rings. The summed E-state index contributed by atoms with van der Waals surface area (Å²) in [5.41, 5.74) is 1.79. The van der Waals surface area contributed by atoms with Gasteiger partial charge in [-0.05, 0) is 29.9 Å². The first kappa shape index (κ1) is 10.8. The van der Waals surface area contributed by atoms with Gasteiger partial charge < -0.3 is 15.4 Å². The van der Waals surface area contributed by atoms with Gasteiger partial charge in [0.1, 0.15) is 0 Å². The minimum Gasteiger partial charge on any atom is -0.423 e. The van der Waals surface area contributed by atoms with E-state index in [1.54, 1.807) is 18.2 Å². The number of nitrogens with one attached hydrogen (secondary N) is 1. The van der Waals surface area contributed by atoms with E-state index in [1.165, 1.54) is 0 Å². The zero-order chi connectivity index (χ0) is 12.0. The van der Waals surface area contributed by atoms with Crippen LogP contribution in [0.15, 0.2) is 18.2 Å². The van der Waals surface area contributed by atoms with Gasteiger partial charge in [0.05, 0.1) is 5.41 Å². The summed E-state index contributed by atoms with van der Waals surface area (Å²) < 4.78 is 0. The fourth-order valence-corrected chi connectivity index (χ4v) is 3.07. The monoisotopic (exact) mass is 231 g/mol. The first-order chi connectivity index (χ1) is 8.13. The number of carbonyl (C=O) groups is 1. The standard InChI is InChI=1S/C12H14BNO3/c15-11-12(5-1-2-6-12)9-7-8(13(16)17)3-4-10(9)14-11/h3-4,7,16-17H,1-2,5-6H2,(H,14,15). The second kappa shape index (κ2) is 3.58. The third kappa shape index (κ3) is 1.42. The number of hydrogen-bond donors (Lipinski definition) is 3. The lowest BCUT2D eigenvalue weighted by Gasteiger charge is -2.20. The molecule has 1 spiro atoms. The number of carbonyl (C=O) groups excluding carboxylic acids is 1. The fraction of sp³-hybridized carbons (Fsp3) is 0.417. The van der Waals surface area contributed by atoms with Crippen molar-refractivity contribution in [2.45, 2.75) is 31.1 Å². The summed E-state index contributed by atoms with van der Waals surface area (Å²) in [5, 5.41) is 21.3. The van der Waals surface area contributed by atoms with E-state index in [-0.39, 0.29) is 5.91 Å².